The number of methoxy groups -OCH3 is 1. The molecule has 28 heavy (non-hydrogen) atoms. The van der Waals surface area contributed by atoms with Crippen LogP contribution < -0.4 is 0 Å². The van der Waals surface area contributed by atoms with E-state index in [1.807, 2.05) is 25.2 Å². The summed E-state index contributed by atoms with van der Waals surface area (Å²) in [6, 6.07) is 0. The van der Waals surface area contributed by atoms with Gasteiger partial charge < -0.3 is 14.9 Å². The first-order valence-corrected chi connectivity index (χ1v) is 10.5. The van der Waals surface area contributed by atoms with Gasteiger partial charge in [-0.25, -0.2) is 4.39 Å². The van der Waals surface area contributed by atoms with Gasteiger partial charge in [-0.1, -0.05) is 50.6 Å². The molecule has 0 heterocycles. The number of rotatable bonds is 13. The molecule has 160 valence electrons. The zero-order valence-electron chi connectivity index (χ0n) is 17.4. The fourth-order valence-corrected chi connectivity index (χ4v) is 3.74. The smallest absolute Gasteiger partial charge is 0.305 e. The van der Waals surface area contributed by atoms with Crippen LogP contribution in [0.5, 0.6) is 0 Å². The number of carbonyl (C=O) groups excluding carboxylic acids is 1. The number of carbonyl (C=O) groups is 1. The Hall–Kier alpha value is -1.46. The van der Waals surface area contributed by atoms with Crippen molar-refractivity contribution in [1.29, 1.82) is 0 Å². The summed E-state index contributed by atoms with van der Waals surface area (Å²) in [5.74, 6) is -0.522. The van der Waals surface area contributed by atoms with Gasteiger partial charge in [0.1, 0.15) is 11.4 Å². The summed E-state index contributed by atoms with van der Waals surface area (Å²) in [4.78, 5) is 11.1. The van der Waals surface area contributed by atoms with Crippen molar-refractivity contribution in [2.75, 3.05) is 7.11 Å². The molecular formula is C23H37FO4. The molecule has 0 aliphatic heterocycles. The number of ether oxygens (including phenoxy) is 1. The zero-order chi connectivity index (χ0) is 21.0. The van der Waals surface area contributed by atoms with Crippen molar-refractivity contribution in [2.24, 2.45) is 11.8 Å². The van der Waals surface area contributed by atoms with Crippen LogP contribution in [0.15, 0.2) is 36.7 Å². The van der Waals surface area contributed by atoms with Crippen molar-refractivity contribution in [2.45, 2.75) is 82.8 Å². The molecule has 1 rings (SSSR count). The van der Waals surface area contributed by atoms with E-state index < -0.39 is 11.4 Å². The maximum atomic E-state index is 13.7. The second-order valence-electron chi connectivity index (χ2n) is 7.82. The Kier molecular flexibility index (Phi) is 11.3. The van der Waals surface area contributed by atoms with Gasteiger partial charge in [0, 0.05) is 12.8 Å². The number of allylic oxidation sites excluding steroid dienone is 3. The summed E-state index contributed by atoms with van der Waals surface area (Å²) in [6.45, 7) is 5.31. The summed E-state index contributed by atoms with van der Waals surface area (Å²) in [5.41, 5.74) is -1.49. The van der Waals surface area contributed by atoms with E-state index in [0.717, 1.165) is 44.9 Å². The van der Waals surface area contributed by atoms with Gasteiger partial charge in [0.25, 0.3) is 0 Å². The summed E-state index contributed by atoms with van der Waals surface area (Å²) >= 11 is 0. The molecule has 0 radical (unpaired) electrons. The van der Waals surface area contributed by atoms with E-state index >= 15 is 0 Å². The molecule has 0 amide bonds. The molecule has 0 spiro atoms. The van der Waals surface area contributed by atoms with Crippen LogP contribution >= 0.6 is 0 Å². The lowest BCUT2D eigenvalue weighted by molar-refractivity contribution is -0.140. The Labute approximate surface area is 169 Å². The third kappa shape index (κ3) is 8.27. The summed E-state index contributed by atoms with van der Waals surface area (Å²) < 4.78 is 18.3. The summed E-state index contributed by atoms with van der Waals surface area (Å²) in [5, 5.41) is 20.8. The van der Waals surface area contributed by atoms with Gasteiger partial charge in [-0.05, 0) is 50.4 Å². The van der Waals surface area contributed by atoms with Crippen molar-refractivity contribution in [3.05, 3.63) is 36.7 Å². The molecule has 0 saturated heterocycles. The van der Waals surface area contributed by atoms with Crippen LogP contribution in [0.1, 0.15) is 71.1 Å². The van der Waals surface area contributed by atoms with Crippen molar-refractivity contribution < 1.29 is 24.1 Å². The molecular weight excluding hydrogens is 359 g/mol. The van der Waals surface area contributed by atoms with E-state index in [9.17, 15) is 19.4 Å². The molecule has 1 aliphatic rings. The first-order chi connectivity index (χ1) is 13.3. The zero-order valence-corrected chi connectivity index (χ0v) is 17.4. The third-order valence-corrected chi connectivity index (χ3v) is 5.68. The van der Waals surface area contributed by atoms with Crippen molar-refractivity contribution in [3.8, 4) is 0 Å². The predicted molar refractivity (Wildman–Crippen MR) is 110 cm³/mol. The second-order valence-corrected chi connectivity index (χ2v) is 7.82. The van der Waals surface area contributed by atoms with Gasteiger partial charge in [-0.15, -0.1) is 0 Å². The Morgan fingerprint density at radius 3 is 2.68 bits per heavy atom. The van der Waals surface area contributed by atoms with Crippen LogP contribution in [-0.2, 0) is 9.53 Å². The minimum Gasteiger partial charge on any atom is -0.469 e. The molecule has 0 aromatic rings. The van der Waals surface area contributed by atoms with Crippen LogP contribution in [0, 0.1) is 11.8 Å². The topological polar surface area (TPSA) is 66.8 Å². The highest BCUT2D eigenvalue weighted by Gasteiger charge is 2.33. The van der Waals surface area contributed by atoms with Crippen LogP contribution in [-0.4, -0.2) is 35.0 Å². The van der Waals surface area contributed by atoms with E-state index in [0.29, 0.717) is 12.8 Å². The molecule has 4 nitrogen and oxygen atoms in total. The van der Waals surface area contributed by atoms with Crippen LogP contribution in [0.25, 0.3) is 0 Å². The highest BCUT2D eigenvalue weighted by Crippen LogP contribution is 2.36. The second kappa shape index (κ2) is 12.9. The van der Waals surface area contributed by atoms with E-state index in [1.54, 1.807) is 0 Å². The predicted octanol–water partition coefficient (Wildman–Crippen LogP) is 5.01. The average molecular weight is 397 g/mol. The number of aliphatic hydroxyl groups excluding tert-OH is 1. The van der Waals surface area contributed by atoms with Gasteiger partial charge in [-0.2, -0.15) is 0 Å². The summed E-state index contributed by atoms with van der Waals surface area (Å²) in [7, 11) is 1.39. The number of hydrogen-bond acceptors (Lipinski definition) is 4. The fraction of sp³-hybridized carbons (Fsp3) is 0.696. The molecule has 5 heteroatoms. The number of hydrogen-bond donors (Lipinski definition) is 2. The molecule has 0 aromatic heterocycles. The van der Waals surface area contributed by atoms with Gasteiger partial charge in [0.05, 0.1) is 13.2 Å². The van der Waals surface area contributed by atoms with E-state index in [2.05, 4.69) is 17.4 Å². The normalized spacial score (nSPS) is 24.7. The molecule has 1 fully saturated rings. The van der Waals surface area contributed by atoms with Crippen LogP contribution in [0.2, 0.25) is 0 Å². The lowest BCUT2D eigenvalue weighted by Crippen LogP contribution is -2.28. The molecule has 1 unspecified atom stereocenters. The van der Waals surface area contributed by atoms with Gasteiger partial charge in [0.2, 0.25) is 0 Å². The minimum atomic E-state index is -1.49. The maximum absolute atomic E-state index is 13.7. The molecule has 0 bridgehead atoms. The minimum absolute atomic E-state index is 0.130. The molecule has 1 saturated carbocycles. The largest absolute Gasteiger partial charge is 0.469 e. The van der Waals surface area contributed by atoms with E-state index in [4.69, 9.17) is 0 Å². The number of unbranched alkanes of at least 4 members (excludes halogenated alkanes) is 2. The standard InChI is InChI=1S/C23H37FO4/c1-4-5-16-23(27,18(2)24)17-10-11-19-14-15-21(25)20(19)12-8-6-7-9-13-22(26)28-3/h6,8,10-11,19-21,25,27H,2,4-5,7,9,12-17H2,1,3H3/t19-,20+,21+,23?/m0/s1. The Morgan fingerprint density at radius 1 is 1.29 bits per heavy atom. The first kappa shape index (κ1) is 24.6. The Bertz CT molecular complexity index is 543. The van der Waals surface area contributed by atoms with E-state index in [1.165, 1.54) is 7.11 Å². The van der Waals surface area contributed by atoms with Crippen LogP contribution in [0.3, 0.4) is 0 Å². The van der Waals surface area contributed by atoms with Gasteiger partial charge in [-0.3, -0.25) is 4.79 Å². The average Bonchev–Trinajstić information content (AvgIpc) is 3.02. The quantitative estimate of drug-likeness (QED) is 0.261. The Morgan fingerprint density at radius 2 is 2.04 bits per heavy atom. The SMILES string of the molecule is C=C(F)C(O)(CC=C[C@H]1CC[C@@H](O)[C@@H]1CC=CCCCC(=O)OC)CCCC. The highest BCUT2D eigenvalue weighted by molar-refractivity contribution is 5.69. The van der Waals surface area contributed by atoms with Gasteiger partial charge in [0.15, 0.2) is 0 Å². The number of esters is 1. The van der Waals surface area contributed by atoms with E-state index in [-0.39, 0.29) is 30.3 Å². The fourth-order valence-electron chi connectivity index (χ4n) is 3.74. The number of aliphatic hydroxyl groups is 2. The lowest BCUT2D eigenvalue weighted by atomic mass is 9.88. The monoisotopic (exact) mass is 396 g/mol. The highest BCUT2D eigenvalue weighted by atomic mass is 19.1. The molecule has 0 aromatic carbocycles. The lowest BCUT2D eigenvalue weighted by Gasteiger charge is -2.25. The van der Waals surface area contributed by atoms with Crippen molar-refractivity contribution >= 4 is 5.97 Å². The van der Waals surface area contributed by atoms with Crippen molar-refractivity contribution in [3.63, 3.8) is 0 Å². The molecule has 2 N–H and O–H groups in total. The maximum Gasteiger partial charge on any atom is 0.305 e. The van der Waals surface area contributed by atoms with Gasteiger partial charge >= 0.3 is 5.97 Å². The van der Waals surface area contributed by atoms with Crippen molar-refractivity contribution in [1.82, 2.24) is 0 Å². The van der Waals surface area contributed by atoms with Crippen LogP contribution in [0.4, 0.5) is 4.39 Å². The molecule has 1 aliphatic carbocycles. The molecule has 4 atom stereocenters. The first-order valence-electron chi connectivity index (χ1n) is 10.5. The third-order valence-electron chi connectivity index (χ3n) is 5.68. The Balaban J connectivity index is 2.51. The summed E-state index contributed by atoms with van der Waals surface area (Å²) in [6.07, 6.45) is 14.2. The number of halogens is 1.